The molecule has 0 aliphatic rings. The number of aromatic nitrogens is 2. The Morgan fingerprint density at radius 2 is 2.29 bits per heavy atom. The summed E-state index contributed by atoms with van der Waals surface area (Å²) in [7, 11) is 1.52. The second kappa shape index (κ2) is 6.57. The Morgan fingerprint density at radius 1 is 1.52 bits per heavy atom. The first-order valence-corrected chi connectivity index (χ1v) is 6.77. The lowest BCUT2D eigenvalue weighted by Gasteiger charge is -2.03. The van der Waals surface area contributed by atoms with E-state index in [0.29, 0.717) is 16.7 Å². The standard InChI is InChI=1S/C11H9ClN4O4S/c1-20-5-9-14-15-11(21-9)13-10(17)7-3-2-6(16(18)19)4-8(7)12/h2-4H,5H2,1H3,(H,13,15,17). The molecule has 21 heavy (non-hydrogen) atoms. The molecule has 8 nitrogen and oxygen atoms in total. The number of hydrogen-bond acceptors (Lipinski definition) is 7. The Hall–Kier alpha value is -2.10. The van der Waals surface area contributed by atoms with Crippen LogP contribution in [0, 0.1) is 10.1 Å². The molecular weight excluding hydrogens is 320 g/mol. The van der Waals surface area contributed by atoms with Crippen LogP contribution in [0.1, 0.15) is 15.4 Å². The zero-order valence-corrected chi connectivity index (χ0v) is 12.3. The zero-order valence-electron chi connectivity index (χ0n) is 10.7. The van der Waals surface area contributed by atoms with Gasteiger partial charge in [-0.05, 0) is 6.07 Å². The number of carbonyl (C=O) groups is 1. The summed E-state index contributed by atoms with van der Waals surface area (Å²) in [6, 6.07) is 3.61. The molecule has 0 saturated heterocycles. The summed E-state index contributed by atoms with van der Waals surface area (Å²) in [5.74, 6) is -0.519. The van der Waals surface area contributed by atoms with E-state index in [1.54, 1.807) is 0 Å². The van der Waals surface area contributed by atoms with Gasteiger partial charge in [-0.3, -0.25) is 20.2 Å². The lowest BCUT2D eigenvalue weighted by molar-refractivity contribution is -0.384. The number of rotatable bonds is 5. The molecule has 1 aromatic heterocycles. The van der Waals surface area contributed by atoms with E-state index >= 15 is 0 Å². The van der Waals surface area contributed by atoms with Crippen LogP contribution >= 0.6 is 22.9 Å². The van der Waals surface area contributed by atoms with Crippen LogP contribution < -0.4 is 5.32 Å². The molecule has 0 saturated carbocycles. The third-order valence-electron chi connectivity index (χ3n) is 2.36. The lowest BCUT2D eigenvalue weighted by atomic mass is 10.2. The molecule has 0 radical (unpaired) electrons. The topological polar surface area (TPSA) is 107 Å². The second-order valence-electron chi connectivity index (χ2n) is 3.81. The highest BCUT2D eigenvalue weighted by Gasteiger charge is 2.16. The Kier molecular flexibility index (Phi) is 4.78. The smallest absolute Gasteiger partial charge is 0.270 e. The number of methoxy groups -OCH3 is 1. The summed E-state index contributed by atoms with van der Waals surface area (Å²) in [5.41, 5.74) is -0.0689. The highest BCUT2D eigenvalue weighted by Crippen LogP contribution is 2.24. The van der Waals surface area contributed by atoms with Crippen molar-refractivity contribution in [2.75, 3.05) is 12.4 Å². The van der Waals surface area contributed by atoms with E-state index in [0.717, 1.165) is 17.4 Å². The van der Waals surface area contributed by atoms with Crippen LogP contribution in [0.5, 0.6) is 0 Å². The van der Waals surface area contributed by atoms with Gasteiger partial charge >= 0.3 is 0 Å². The van der Waals surface area contributed by atoms with E-state index in [-0.39, 0.29) is 16.3 Å². The second-order valence-corrected chi connectivity index (χ2v) is 5.28. The number of nitro benzene ring substituents is 1. The Bertz CT molecular complexity index is 691. The maximum Gasteiger partial charge on any atom is 0.270 e. The van der Waals surface area contributed by atoms with Gasteiger partial charge in [0.2, 0.25) is 5.13 Å². The van der Waals surface area contributed by atoms with E-state index in [9.17, 15) is 14.9 Å². The van der Waals surface area contributed by atoms with Crippen LogP contribution in [0.15, 0.2) is 18.2 Å². The van der Waals surface area contributed by atoms with Crippen molar-refractivity contribution in [1.29, 1.82) is 0 Å². The number of nitro groups is 1. The fourth-order valence-corrected chi connectivity index (χ4v) is 2.42. The molecular formula is C11H9ClN4O4S. The fraction of sp³-hybridized carbons (Fsp3) is 0.182. The number of nitrogens with zero attached hydrogens (tertiary/aromatic N) is 3. The molecule has 0 unspecified atom stereocenters. The molecule has 0 aliphatic carbocycles. The van der Waals surface area contributed by atoms with Gasteiger partial charge in [-0.2, -0.15) is 0 Å². The van der Waals surface area contributed by atoms with Crippen LogP contribution in [0.25, 0.3) is 0 Å². The van der Waals surface area contributed by atoms with Crippen molar-refractivity contribution in [2.45, 2.75) is 6.61 Å². The molecule has 1 amide bonds. The summed E-state index contributed by atoms with van der Waals surface area (Å²) >= 11 is 7.04. The zero-order chi connectivity index (χ0) is 15.4. The van der Waals surface area contributed by atoms with Crippen LogP contribution in [-0.2, 0) is 11.3 Å². The number of benzene rings is 1. The molecule has 0 aliphatic heterocycles. The maximum absolute atomic E-state index is 12.0. The Labute approximate surface area is 127 Å². The van der Waals surface area contributed by atoms with E-state index in [1.165, 1.54) is 19.2 Å². The van der Waals surface area contributed by atoms with Crippen LogP contribution in [0.2, 0.25) is 5.02 Å². The number of carbonyl (C=O) groups excluding carboxylic acids is 1. The molecule has 0 spiro atoms. The number of amides is 1. The number of anilines is 1. The van der Waals surface area contributed by atoms with Gasteiger partial charge in [-0.25, -0.2) is 0 Å². The van der Waals surface area contributed by atoms with Gasteiger partial charge in [0.1, 0.15) is 11.6 Å². The summed E-state index contributed by atoms with van der Waals surface area (Å²) in [6.45, 7) is 0.297. The first kappa shape index (κ1) is 15.3. The predicted octanol–water partition coefficient (Wildman–Crippen LogP) is 2.50. The van der Waals surface area contributed by atoms with Crippen LogP contribution in [0.4, 0.5) is 10.8 Å². The summed E-state index contributed by atoms with van der Waals surface area (Å²) in [6.07, 6.45) is 0. The molecule has 1 N–H and O–H groups in total. The average Bonchev–Trinajstić information content (AvgIpc) is 2.86. The third kappa shape index (κ3) is 3.72. The van der Waals surface area contributed by atoms with Gasteiger partial charge in [-0.1, -0.05) is 22.9 Å². The lowest BCUT2D eigenvalue weighted by Crippen LogP contribution is -2.12. The Morgan fingerprint density at radius 3 is 2.90 bits per heavy atom. The minimum Gasteiger partial charge on any atom is -0.377 e. The van der Waals surface area contributed by atoms with Crippen molar-refractivity contribution in [1.82, 2.24) is 10.2 Å². The number of non-ortho nitro benzene ring substituents is 1. The summed E-state index contributed by atoms with van der Waals surface area (Å²) in [4.78, 5) is 22.0. The quantitative estimate of drug-likeness (QED) is 0.667. The SMILES string of the molecule is COCc1nnc(NC(=O)c2ccc([N+](=O)[O-])cc2Cl)s1. The van der Waals surface area contributed by atoms with Crippen molar-refractivity contribution in [3.05, 3.63) is 43.9 Å². The summed E-state index contributed by atoms with van der Waals surface area (Å²) < 4.78 is 4.90. The molecule has 2 rings (SSSR count). The molecule has 2 aromatic rings. The molecule has 110 valence electrons. The monoisotopic (exact) mass is 328 g/mol. The number of hydrogen-bond donors (Lipinski definition) is 1. The van der Waals surface area contributed by atoms with Crippen molar-refractivity contribution in [3.63, 3.8) is 0 Å². The minimum atomic E-state index is -0.588. The predicted molar refractivity (Wildman–Crippen MR) is 76.7 cm³/mol. The molecule has 10 heteroatoms. The van der Waals surface area contributed by atoms with Gasteiger partial charge in [0.25, 0.3) is 11.6 Å². The number of ether oxygens (including phenoxy) is 1. The van der Waals surface area contributed by atoms with Crippen LogP contribution in [-0.4, -0.2) is 28.1 Å². The first-order chi connectivity index (χ1) is 10.0. The fourth-order valence-electron chi connectivity index (χ4n) is 1.45. The number of halogens is 1. The maximum atomic E-state index is 12.0. The van der Waals surface area contributed by atoms with Gasteiger partial charge in [0.05, 0.1) is 15.5 Å². The van der Waals surface area contributed by atoms with Crippen molar-refractivity contribution in [2.24, 2.45) is 0 Å². The highest BCUT2D eigenvalue weighted by molar-refractivity contribution is 7.15. The molecule has 1 aromatic carbocycles. The van der Waals surface area contributed by atoms with E-state index in [4.69, 9.17) is 16.3 Å². The van der Waals surface area contributed by atoms with E-state index in [2.05, 4.69) is 15.5 Å². The van der Waals surface area contributed by atoms with Gasteiger partial charge in [0, 0.05) is 19.2 Å². The van der Waals surface area contributed by atoms with Crippen molar-refractivity contribution < 1.29 is 14.5 Å². The van der Waals surface area contributed by atoms with Gasteiger partial charge in [0.15, 0.2) is 0 Å². The average molecular weight is 329 g/mol. The normalized spacial score (nSPS) is 10.4. The molecule has 0 bridgehead atoms. The van der Waals surface area contributed by atoms with E-state index < -0.39 is 10.8 Å². The van der Waals surface area contributed by atoms with E-state index in [1.807, 2.05) is 0 Å². The molecule has 0 fully saturated rings. The largest absolute Gasteiger partial charge is 0.377 e. The first-order valence-electron chi connectivity index (χ1n) is 5.58. The van der Waals surface area contributed by atoms with Crippen LogP contribution in [0.3, 0.4) is 0 Å². The highest BCUT2D eigenvalue weighted by atomic mass is 35.5. The summed E-state index contributed by atoms with van der Waals surface area (Å²) in [5, 5.41) is 21.6. The Balaban J connectivity index is 2.14. The minimum absolute atomic E-state index is 0.0108. The number of nitrogens with one attached hydrogen (secondary N) is 1. The van der Waals surface area contributed by atoms with Gasteiger partial charge in [-0.15, -0.1) is 10.2 Å². The molecule has 0 atom stereocenters. The van der Waals surface area contributed by atoms with Crippen molar-refractivity contribution >= 4 is 39.7 Å². The van der Waals surface area contributed by atoms with Gasteiger partial charge < -0.3 is 4.74 Å². The third-order valence-corrected chi connectivity index (χ3v) is 3.49. The molecule has 1 heterocycles. The van der Waals surface area contributed by atoms with Crippen molar-refractivity contribution in [3.8, 4) is 0 Å².